The molecule has 10 nitrogen and oxygen atoms in total. The normalized spacial score (nSPS) is 10.8. The number of nitrogens with zero attached hydrogens (tertiary/aromatic N) is 3. The van der Waals surface area contributed by atoms with Gasteiger partial charge in [0.25, 0.3) is 0 Å². The number of para-hydroxylation sites is 1. The molecule has 0 aliphatic carbocycles. The number of esters is 1. The molecular formula is C29H24FN5O5S. The smallest absolute Gasteiger partial charge is 0.325 e. The number of aromatic nitrogens is 3. The number of benzene rings is 2. The molecule has 12 heteroatoms. The van der Waals surface area contributed by atoms with Gasteiger partial charge in [-0.3, -0.25) is 19.4 Å². The van der Waals surface area contributed by atoms with E-state index in [2.05, 4.69) is 20.6 Å². The highest BCUT2D eigenvalue weighted by molar-refractivity contribution is 7.22. The maximum absolute atomic E-state index is 14.9. The monoisotopic (exact) mass is 573 g/mol. The molecule has 2 aromatic carbocycles. The van der Waals surface area contributed by atoms with Crippen LogP contribution in [0.2, 0.25) is 0 Å². The fourth-order valence-corrected chi connectivity index (χ4v) is 4.94. The number of halogens is 1. The Morgan fingerprint density at radius 2 is 1.73 bits per heavy atom. The van der Waals surface area contributed by atoms with E-state index in [0.717, 1.165) is 10.9 Å². The van der Waals surface area contributed by atoms with Gasteiger partial charge in [0.1, 0.15) is 18.7 Å². The number of thiophene rings is 1. The van der Waals surface area contributed by atoms with Crippen molar-refractivity contribution in [1.29, 1.82) is 0 Å². The quantitative estimate of drug-likeness (QED) is 0.164. The van der Waals surface area contributed by atoms with Crippen molar-refractivity contribution >= 4 is 50.7 Å². The van der Waals surface area contributed by atoms with E-state index in [-0.39, 0.29) is 24.0 Å². The molecule has 0 spiro atoms. The minimum atomic E-state index is -0.698. The topological polar surface area (TPSA) is 124 Å². The molecule has 3 aromatic heterocycles. The van der Waals surface area contributed by atoms with E-state index in [1.807, 2.05) is 12.1 Å². The number of fused-ring (bicyclic) bond motifs is 1. The van der Waals surface area contributed by atoms with Crippen molar-refractivity contribution in [3.8, 4) is 22.1 Å². The van der Waals surface area contributed by atoms with E-state index in [1.54, 1.807) is 60.5 Å². The molecule has 0 aliphatic rings. The van der Waals surface area contributed by atoms with E-state index in [4.69, 9.17) is 9.47 Å². The first kappa shape index (κ1) is 27.5. The van der Waals surface area contributed by atoms with Crippen molar-refractivity contribution in [1.82, 2.24) is 14.5 Å². The maximum Gasteiger partial charge on any atom is 0.325 e. The first-order chi connectivity index (χ1) is 19.9. The van der Waals surface area contributed by atoms with E-state index in [1.165, 1.54) is 23.5 Å². The molecule has 2 amide bonds. The van der Waals surface area contributed by atoms with Gasteiger partial charge in [-0.1, -0.05) is 18.2 Å². The third kappa shape index (κ3) is 6.92. The van der Waals surface area contributed by atoms with Crippen molar-refractivity contribution in [3.05, 3.63) is 85.2 Å². The molecule has 0 aliphatic heterocycles. The number of pyridine rings is 1. The van der Waals surface area contributed by atoms with E-state index in [0.29, 0.717) is 34.0 Å². The zero-order chi connectivity index (χ0) is 28.8. The molecule has 0 radical (unpaired) electrons. The van der Waals surface area contributed by atoms with Crippen LogP contribution in [0, 0.1) is 5.82 Å². The highest BCUT2D eigenvalue weighted by atomic mass is 32.1. The number of hydrogen-bond donors (Lipinski definition) is 2. The Balaban J connectivity index is 1.25. The molecular weight excluding hydrogens is 549 g/mol. The van der Waals surface area contributed by atoms with Gasteiger partial charge in [0.2, 0.25) is 11.8 Å². The molecule has 0 bridgehead atoms. The number of hydrogen-bond acceptors (Lipinski definition) is 8. The summed E-state index contributed by atoms with van der Waals surface area (Å²) in [5, 5.41) is 5.15. The van der Waals surface area contributed by atoms with Crippen molar-refractivity contribution in [2.45, 2.75) is 19.9 Å². The number of carbonyl (C=O) groups is 3. The minimum absolute atomic E-state index is 0.0500. The summed E-state index contributed by atoms with van der Waals surface area (Å²) in [7, 11) is 0. The van der Waals surface area contributed by atoms with Crippen LogP contribution in [0.1, 0.15) is 13.3 Å². The highest BCUT2D eigenvalue weighted by Crippen LogP contribution is 2.39. The number of amides is 2. The molecule has 0 fully saturated rings. The lowest BCUT2D eigenvalue weighted by Gasteiger charge is -2.10. The molecule has 5 aromatic rings. The standard InChI is InChI=1S/C29H24FN5O5S/c1-2-39-28(38)16-35-15-22(32-17-35)25-13-21-29(41-25)24(10-11-31-21)40-23-9-8-19(12-20(23)30)34-27(37)14-26(36)33-18-6-4-3-5-7-18/h3-13,15,17H,2,14,16H2,1H3,(H,33,36)(H,34,37). The molecule has 0 atom stereocenters. The van der Waals surface area contributed by atoms with Gasteiger partial charge >= 0.3 is 5.97 Å². The average Bonchev–Trinajstić information content (AvgIpc) is 3.58. The van der Waals surface area contributed by atoms with Crippen LogP contribution < -0.4 is 15.4 Å². The average molecular weight is 574 g/mol. The van der Waals surface area contributed by atoms with Crippen LogP contribution in [0.15, 0.2) is 79.4 Å². The third-order valence-electron chi connectivity index (χ3n) is 5.69. The summed E-state index contributed by atoms with van der Waals surface area (Å²) >= 11 is 1.37. The summed E-state index contributed by atoms with van der Waals surface area (Å²) in [4.78, 5) is 45.7. The zero-order valence-corrected chi connectivity index (χ0v) is 22.6. The van der Waals surface area contributed by atoms with Gasteiger partial charge in [0, 0.05) is 35.9 Å². The number of ether oxygens (including phenoxy) is 2. The number of carbonyl (C=O) groups excluding carboxylic acids is 3. The number of nitrogens with one attached hydrogen (secondary N) is 2. The molecule has 2 N–H and O–H groups in total. The van der Waals surface area contributed by atoms with Gasteiger partial charge in [-0.05, 0) is 37.3 Å². The fraction of sp³-hybridized carbons (Fsp3) is 0.138. The Hall–Kier alpha value is -5.10. The number of rotatable bonds is 10. The highest BCUT2D eigenvalue weighted by Gasteiger charge is 2.16. The Morgan fingerprint density at radius 3 is 2.49 bits per heavy atom. The van der Waals surface area contributed by atoms with Crippen molar-refractivity contribution < 1.29 is 28.2 Å². The fourth-order valence-electron chi connectivity index (χ4n) is 3.91. The maximum atomic E-state index is 14.9. The van der Waals surface area contributed by atoms with E-state index in [9.17, 15) is 18.8 Å². The van der Waals surface area contributed by atoms with Gasteiger partial charge in [-0.25, -0.2) is 9.37 Å². The van der Waals surface area contributed by atoms with Gasteiger partial charge in [0.15, 0.2) is 11.6 Å². The predicted molar refractivity (Wildman–Crippen MR) is 152 cm³/mol. The van der Waals surface area contributed by atoms with E-state index < -0.39 is 24.1 Å². The van der Waals surface area contributed by atoms with Crippen LogP contribution in [0.25, 0.3) is 20.8 Å². The predicted octanol–water partition coefficient (Wildman–Crippen LogP) is 5.62. The Labute approximate surface area is 237 Å². The van der Waals surface area contributed by atoms with E-state index >= 15 is 0 Å². The Bertz CT molecular complexity index is 1720. The van der Waals surface area contributed by atoms with Crippen molar-refractivity contribution in [2.24, 2.45) is 0 Å². The van der Waals surface area contributed by atoms with Crippen molar-refractivity contribution in [3.63, 3.8) is 0 Å². The second-order valence-electron chi connectivity index (χ2n) is 8.76. The summed E-state index contributed by atoms with van der Waals surface area (Å²) in [6.07, 6.45) is 4.42. The number of anilines is 2. The van der Waals surface area contributed by atoms with Gasteiger partial charge in [0.05, 0.1) is 33.7 Å². The molecule has 3 heterocycles. The molecule has 0 unspecified atom stereocenters. The third-order valence-corrected chi connectivity index (χ3v) is 6.85. The van der Waals surface area contributed by atoms with Gasteiger partial charge in [-0.2, -0.15) is 0 Å². The van der Waals surface area contributed by atoms with Crippen LogP contribution in [0.3, 0.4) is 0 Å². The molecule has 0 saturated carbocycles. The SMILES string of the molecule is CCOC(=O)Cn1cnc(-c2cc3nccc(Oc4ccc(NC(=O)CC(=O)Nc5ccccc5)cc4F)c3s2)c1. The molecule has 5 rings (SSSR count). The summed E-state index contributed by atoms with van der Waals surface area (Å²) < 4.78 is 28.1. The molecule has 41 heavy (non-hydrogen) atoms. The van der Waals surface area contributed by atoms with Crippen LogP contribution in [-0.2, 0) is 25.7 Å². The zero-order valence-electron chi connectivity index (χ0n) is 21.8. The summed E-state index contributed by atoms with van der Waals surface area (Å²) in [5.74, 6) is -1.78. The van der Waals surface area contributed by atoms with Crippen LogP contribution in [0.5, 0.6) is 11.5 Å². The molecule has 0 saturated heterocycles. The largest absolute Gasteiger partial charge is 0.465 e. The van der Waals surface area contributed by atoms with Crippen LogP contribution in [-0.4, -0.2) is 38.9 Å². The van der Waals surface area contributed by atoms with Crippen molar-refractivity contribution in [2.75, 3.05) is 17.2 Å². The van der Waals surface area contributed by atoms with Gasteiger partial charge in [-0.15, -0.1) is 11.3 Å². The summed E-state index contributed by atoms with van der Waals surface area (Å²) in [6.45, 7) is 2.10. The minimum Gasteiger partial charge on any atom is -0.465 e. The lowest BCUT2D eigenvalue weighted by atomic mass is 10.2. The van der Waals surface area contributed by atoms with Crippen LogP contribution in [0.4, 0.5) is 15.8 Å². The second kappa shape index (κ2) is 12.4. The number of imidazole rings is 1. The summed E-state index contributed by atoms with van der Waals surface area (Å²) in [6, 6.07) is 16.2. The second-order valence-corrected chi connectivity index (χ2v) is 9.81. The molecule has 208 valence electrons. The lowest BCUT2D eigenvalue weighted by Crippen LogP contribution is -2.21. The Morgan fingerprint density at radius 1 is 0.951 bits per heavy atom. The van der Waals surface area contributed by atoms with Gasteiger partial charge < -0.3 is 24.7 Å². The first-order valence-electron chi connectivity index (χ1n) is 12.6. The first-order valence-corrected chi connectivity index (χ1v) is 13.4. The summed E-state index contributed by atoms with van der Waals surface area (Å²) in [5.41, 5.74) is 2.04. The Kier molecular flexibility index (Phi) is 8.30. The lowest BCUT2D eigenvalue weighted by molar-refractivity contribution is -0.143. The van der Waals surface area contributed by atoms with Crippen LogP contribution >= 0.6 is 11.3 Å².